The first kappa shape index (κ1) is 14.5. The number of nitrogens with one attached hydrogen (secondary N) is 1. The van der Waals surface area contributed by atoms with Gasteiger partial charge in [-0.25, -0.2) is 0 Å². The van der Waals surface area contributed by atoms with Gasteiger partial charge in [0.2, 0.25) is 0 Å². The fourth-order valence-corrected chi connectivity index (χ4v) is 2.53. The monoisotopic (exact) mass is 299 g/mol. The van der Waals surface area contributed by atoms with Crippen molar-refractivity contribution in [3.63, 3.8) is 0 Å². The molecule has 1 aromatic carbocycles. The highest BCUT2D eigenvalue weighted by molar-refractivity contribution is 9.10. The van der Waals surface area contributed by atoms with Crippen molar-refractivity contribution < 1.29 is 4.74 Å². The Morgan fingerprint density at radius 3 is 2.53 bits per heavy atom. The van der Waals surface area contributed by atoms with Crippen LogP contribution in [0.2, 0.25) is 0 Å². The maximum atomic E-state index is 5.24. The third kappa shape index (κ3) is 4.32. The average molecular weight is 300 g/mol. The van der Waals surface area contributed by atoms with E-state index >= 15 is 0 Å². The first-order chi connectivity index (χ1) is 8.08. The zero-order chi connectivity index (χ0) is 12.8. The molecule has 1 atom stereocenters. The molecule has 0 heterocycles. The van der Waals surface area contributed by atoms with Crippen molar-refractivity contribution in [1.29, 1.82) is 0 Å². The van der Waals surface area contributed by atoms with Gasteiger partial charge in [0.1, 0.15) is 5.75 Å². The van der Waals surface area contributed by atoms with Gasteiger partial charge in [0.25, 0.3) is 0 Å². The van der Waals surface area contributed by atoms with E-state index in [0.717, 1.165) is 23.2 Å². The summed E-state index contributed by atoms with van der Waals surface area (Å²) in [6, 6.07) is 6.33. The maximum absolute atomic E-state index is 5.24. The minimum atomic E-state index is 0.667. The summed E-state index contributed by atoms with van der Waals surface area (Å²) in [6.07, 6.45) is 1.10. The summed E-state index contributed by atoms with van der Waals surface area (Å²) in [4.78, 5) is 0. The normalized spacial score (nSPS) is 12.8. The summed E-state index contributed by atoms with van der Waals surface area (Å²) in [6.45, 7) is 5.61. The molecule has 1 unspecified atom stereocenters. The summed E-state index contributed by atoms with van der Waals surface area (Å²) >= 11 is 3.53. The molecule has 0 saturated heterocycles. The fourth-order valence-electron chi connectivity index (χ4n) is 1.95. The number of ether oxygens (including phenoxy) is 1. The highest BCUT2D eigenvalue weighted by Crippen LogP contribution is 2.27. The van der Waals surface area contributed by atoms with Crippen LogP contribution in [0.3, 0.4) is 0 Å². The van der Waals surface area contributed by atoms with Crippen LogP contribution in [0.1, 0.15) is 19.4 Å². The standard InChI is InChI=1S/C14H22BrNO/c1-10(2)12(9-16-3)7-11-5-6-14(17-4)13(15)8-11/h5-6,8,10,12,16H,7,9H2,1-4H3. The van der Waals surface area contributed by atoms with Gasteiger partial charge in [-0.3, -0.25) is 0 Å². The molecule has 17 heavy (non-hydrogen) atoms. The number of rotatable bonds is 6. The molecule has 1 rings (SSSR count). The van der Waals surface area contributed by atoms with Crippen molar-refractivity contribution in [3.8, 4) is 5.75 Å². The Bertz CT molecular complexity index is 352. The molecule has 0 aromatic heterocycles. The van der Waals surface area contributed by atoms with Gasteiger partial charge >= 0.3 is 0 Å². The smallest absolute Gasteiger partial charge is 0.133 e. The predicted octanol–water partition coefficient (Wildman–Crippen LogP) is 3.49. The molecule has 0 aliphatic heterocycles. The van der Waals surface area contributed by atoms with E-state index in [9.17, 15) is 0 Å². The third-order valence-electron chi connectivity index (χ3n) is 3.12. The van der Waals surface area contributed by atoms with Crippen LogP contribution in [-0.2, 0) is 6.42 Å². The molecule has 0 aliphatic carbocycles. The minimum Gasteiger partial charge on any atom is -0.496 e. The van der Waals surface area contributed by atoms with Crippen molar-refractivity contribution in [2.24, 2.45) is 11.8 Å². The highest BCUT2D eigenvalue weighted by atomic mass is 79.9. The molecule has 2 nitrogen and oxygen atoms in total. The summed E-state index contributed by atoms with van der Waals surface area (Å²) < 4.78 is 6.27. The molecule has 3 heteroatoms. The quantitative estimate of drug-likeness (QED) is 0.868. The first-order valence-corrected chi connectivity index (χ1v) is 6.84. The van der Waals surface area contributed by atoms with E-state index in [2.05, 4.69) is 47.2 Å². The lowest BCUT2D eigenvalue weighted by Crippen LogP contribution is -2.25. The van der Waals surface area contributed by atoms with Crippen molar-refractivity contribution in [2.75, 3.05) is 20.7 Å². The Hall–Kier alpha value is -0.540. The topological polar surface area (TPSA) is 21.3 Å². The molecule has 0 fully saturated rings. The molecule has 0 saturated carbocycles. The molecular weight excluding hydrogens is 278 g/mol. The van der Waals surface area contributed by atoms with Gasteiger partial charge < -0.3 is 10.1 Å². The van der Waals surface area contributed by atoms with Crippen molar-refractivity contribution in [1.82, 2.24) is 5.32 Å². The summed E-state index contributed by atoms with van der Waals surface area (Å²) in [5, 5.41) is 3.27. The van der Waals surface area contributed by atoms with Gasteiger partial charge in [0, 0.05) is 0 Å². The highest BCUT2D eigenvalue weighted by Gasteiger charge is 2.13. The minimum absolute atomic E-state index is 0.667. The predicted molar refractivity (Wildman–Crippen MR) is 76.7 cm³/mol. The number of methoxy groups -OCH3 is 1. The van der Waals surface area contributed by atoms with Crippen LogP contribution >= 0.6 is 15.9 Å². The van der Waals surface area contributed by atoms with Gasteiger partial charge in [0.05, 0.1) is 11.6 Å². The number of hydrogen-bond donors (Lipinski definition) is 1. The average Bonchev–Trinajstić information content (AvgIpc) is 2.28. The maximum Gasteiger partial charge on any atom is 0.133 e. The SMILES string of the molecule is CNCC(Cc1ccc(OC)c(Br)c1)C(C)C. The van der Waals surface area contributed by atoms with Crippen LogP contribution in [0.15, 0.2) is 22.7 Å². The van der Waals surface area contributed by atoms with Crippen LogP contribution in [0.25, 0.3) is 0 Å². The van der Waals surface area contributed by atoms with Crippen molar-refractivity contribution in [3.05, 3.63) is 28.2 Å². The summed E-state index contributed by atoms with van der Waals surface area (Å²) in [5.74, 6) is 2.24. The molecule has 96 valence electrons. The second kappa shape index (κ2) is 7.02. The summed E-state index contributed by atoms with van der Waals surface area (Å²) in [5.41, 5.74) is 1.35. The van der Waals surface area contributed by atoms with Gasteiger partial charge in [-0.1, -0.05) is 19.9 Å². The Balaban J connectivity index is 2.76. The van der Waals surface area contributed by atoms with Crippen LogP contribution in [0.5, 0.6) is 5.75 Å². The van der Waals surface area contributed by atoms with Crippen LogP contribution < -0.4 is 10.1 Å². The van der Waals surface area contributed by atoms with Gasteiger partial charge in [-0.2, -0.15) is 0 Å². The second-order valence-corrected chi connectivity index (χ2v) is 5.59. The lowest BCUT2D eigenvalue weighted by atomic mass is 9.89. The molecule has 1 aromatic rings. The molecule has 1 N–H and O–H groups in total. The fraction of sp³-hybridized carbons (Fsp3) is 0.571. The van der Waals surface area contributed by atoms with E-state index < -0.39 is 0 Å². The van der Waals surface area contributed by atoms with Crippen LogP contribution in [0.4, 0.5) is 0 Å². The second-order valence-electron chi connectivity index (χ2n) is 4.73. The van der Waals surface area contributed by atoms with Gasteiger partial charge in [-0.15, -0.1) is 0 Å². The number of hydrogen-bond acceptors (Lipinski definition) is 2. The van der Waals surface area contributed by atoms with Gasteiger partial charge in [0.15, 0.2) is 0 Å². The largest absolute Gasteiger partial charge is 0.496 e. The Kier molecular flexibility index (Phi) is 6.00. The Morgan fingerprint density at radius 2 is 2.06 bits per heavy atom. The lowest BCUT2D eigenvalue weighted by Gasteiger charge is -2.20. The van der Waals surface area contributed by atoms with Crippen molar-refractivity contribution in [2.45, 2.75) is 20.3 Å². The van der Waals surface area contributed by atoms with E-state index in [1.54, 1.807) is 7.11 Å². The molecule has 0 aliphatic rings. The number of halogens is 1. The van der Waals surface area contributed by atoms with E-state index in [0.29, 0.717) is 11.8 Å². The van der Waals surface area contributed by atoms with E-state index in [1.165, 1.54) is 5.56 Å². The number of benzene rings is 1. The molecule has 0 radical (unpaired) electrons. The Labute approximate surface area is 113 Å². The zero-order valence-electron chi connectivity index (χ0n) is 11.1. The van der Waals surface area contributed by atoms with Crippen LogP contribution in [-0.4, -0.2) is 20.7 Å². The third-order valence-corrected chi connectivity index (χ3v) is 3.74. The van der Waals surface area contributed by atoms with E-state index in [4.69, 9.17) is 4.74 Å². The van der Waals surface area contributed by atoms with E-state index in [1.807, 2.05) is 13.1 Å². The van der Waals surface area contributed by atoms with Gasteiger partial charge in [-0.05, 0) is 65.5 Å². The first-order valence-electron chi connectivity index (χ1n) is 6.05. The van der Waals surface area contributed by atoms with E-state index in [-0.39, 0.29) is 0 Å². The molecular formula is C14H22BrNO. The molecule has 0 spiro atoms. The summed E-state index contributed by atoms with van der Waals surface area (Å²) in [7, 11) is 3.71. The lowest BCUT2D eigenvalue weighted by molar-refractivity contribution is 0.370. The molecule has 0 amide bonds. The van der Waals surface area contributed by atoms with Crippen molar-refractivity contribution >= 4 is 15.9 Å². The Morgan fingerprint density at radius 1 is 1.35 bits per heavy atom. The zero-order valence-corrected chi connectivity index (χ0v) is 12.7. The van der Waals surface area contributed by atoms with Crippen LogP contribution in [0, 0.1) is 11.8 Å². The molecule has 0 bridgehead atoms.